The molecule has 21 heavy (non-hydrogen) atoms. The molecule has 1 aromatic heterocycles. The number of hydrogen-bond donors (Lipinski definition) is 1. The first kappa shape index (κ1) is 13.8. The van der Waals surface area contributed by atoms with Gasteiger partial charge in [0.1, 0.15) is 0 Å². The molecule has 6 heteroatoms. The van der Waals surface area contributed by atoms with Gasteiger partial charge in [0.25, 0.3) is 5.91 Å². The van der Waals surface area contributed by atoms with Crippen LogP contribution in [0.2, 0.25) is 0 Å². The molecule has 0 aliphatic carbocycles. The van der Waals surface area contributed by atoms with Gasteiger partial charge in [0, 0.05) is 30.8 Å². The third-order valence-corrected chi connectivity index (χ3v) is 3.82. The summed E-state index contributed by atoms with van der Waals surface area (Å²) in [6.45, 7) is 1.52. The summed E-state index contributed by atoms with van der Waals surface area (Å²) < 4.78 is 4.71. The van der Waals surface area contributed by atoms with E-state index in [-0.39, 0.29) is 18.4 Å². The van der Waals surface area contributed by atoms with Crippen molar-refractivity contribution >= 4 is 5.91 Å². The molecule has 1 aliphatic rings. The van der Waals surface area contributed by atoms with Crippen LogP contribution in [-0.2, 0) is 0 Å². The van der Waals surface area contributed by atoms with E-state index in [1.54, 1.807) is 12.1 Å². The van der Waals surface area contributed by atoms with E-state index in [2.05, 4.69) is 10.1 Å². The van der Waals surface area contributed by atoms with Crippen molar-refractivity contribution in [1.29, 1.82) is 0 Å². The third-order valence-electron chi connectivity index (χ3n) is 3.82. The lowest BCUT2D eigenvalue weighted by molar-refractivity contribution is 0.0621. The van der Waals surface area contributed by atoms with Crippen molar-refractivity contribution in [2.24, 2.45) is 5.92 Å². The average Bonchev–Trinajstić information content (AvgIpc) is 3.09. The smallest absolute Gasteiger partial charge is 0.253 e. The Morgan fingerprint density at radius 3 is 2.86 bits per heavy atom. The number of carbonyl (C=O) groups is 1. The quantitative estimate of drug-likeness (QED) is 0.927. The number of likely N-dealkylation sites (tertiary alicyclic amines) is 1. The molecule has 0 spiro atoms. The first-order valence-electron chi connectivity index (χ1n) is 7.05. The zero-order chi connectivity index (χ0) is 14.7. The van der Waals surface area contributed by atoms with Gasteiger partial charge in [-0.25, -0.2) is 0 Å². The molecule has 3 rings (SSSR count). The maximum absolute atomic E-state index is 12.5. The number of aromatic nitrogens is 2. The topological polar surface area (TPSA) is 79.5 Å². The number of aliphatic hydroxyl groups excluding tert-OH is 1. The second kappa shape index (κ2) is 6.05. The lowest BCUT2D eigenvalue weighted by Crippen LogP contribution is -2.40. The summed E-state index contributed by atoms with van der Waals surface area (Å²) in [5.41, 5.74) is 1.45. The average molecular weight is 287 g/mol. The van der Waals surface area contributed by atoms with Crippen LogP contribution < -0.4 is 0 Å². The number of aliphatic hydroxyl groups is 1. The van der Waals surface area contributed by atoms with E-state index in [9.17, 15) is 9.90 Å². The van der Waals surface area contributed by atoms with Gasteiger partial charge in [-0.1, -0.05) is 17.3 Å². The van der Waals surface area contributed by atoms with Crippen LogP contribution in [0.15, 0.2) is 35.2 Å². The normalized spacial score (nSPS) is 18.7. The molecule has 0 radical (unpaired) electrons. The largest absolute Gasteiger partial charge is 0.396 e. The molecule has 6 nitrogen and oxygen atoms in total. The Bertz CT molecular complexity index is 595. The van der Waals surface area contributed by atoms with E-state index in [4.69, 9.17) is 4.52 Å². The van der Waals surface area contributed by atoms with E-state index in [1.807, 2.05) is 17.0 Å². The fraction of sp³-hybridized carbons (Fsp3) is 0.400. The summed E-state index contributed by atoms with van der Waals surface area (Å²) in [6, 6.07) is 7.17. The van der Waals surface area contributed by atoms with Crippen LogP contribution in [0, 0.1) is 5.92 Å². The van der Waals surface area contributed by atoms with Crippen molar-refractivity contribution in [1.82, 2.24) is 15.0 Å². The predicted molar refractivity (Wildman–Crippen MR) is 75.4 cm³/mol. The van der Waals surface area contributed by atoms with Crippen LogP contribution in [0.4, 0.5) is 0 Å². The van der Waals surface area contributed by atoms with Crippen LogP contribution in [0.3, 0.4) is 0 Å². The Hall–Kier alpha value is -2.21. The minimum atomic E-state index is 0.00723. The second-order valence-corrected chi connectivity index (χ2v) is 5.27. The molecule has 110 valence electrons. The van der Waals surface area contributed by atoms with Crippen molar-refractivity contribution in [3.63, 3.8) is 0 Å². The van der Waals surface area contributed by atoms with Gasteiger partial charge < -0.3 is 14.5 Å². The SMILES string of the molecule is O=C(c1ccc(-c2ncon2)cc1)N1CCCC(CO)C1. The van der Waals surface area contributed by atoms with Crippen LogP contribution in [0.5, 0.6) is 0 Å². The van der Waals surface area contributed by atoms with Crippen molar-refractivity contribution in [3.8, 4) is 11.4 Å². The van der Waals surface area contributed by atoms with Crippen LogP contribution in [0.25, 0.3) is 11.4 Å². The summed E-state index contributed by atoms with van der Waals surface area (Å²) >= 11 is 0. The summed E-state index contributed by atoms with van der Waals surface area (Å²) in [5.74, 6) is 0.710. The van der Waals surface area contributed by atoms with Gasteiger partial charge in [-0.3, -0.25) is 4.79 Å². The molecule has 1 amide bonds. The maximum atomic E-state index is 12.5. The Morgan fingerprint density at radius 2 is 2.19 bits per heavy atom. The Kier molecular flexibility index (Phi) is 3.96. The molecule has 1 fully saturated rings. The molecule has 1 N–H and O–H groups in total. The fourth-order valence-electron chi connectivity index (χ4n) is 2.64. The first-order valence-corrected chi connectivity index (χ1v) is 7.05. The van der Waals surface area contributed by atoms with Gasteiger partial charge in [-0.15, -0.1) is 0 Å². The molecular weight excluding hydrogens is 270 g/mol. The molecule has 1 atom stereocenters. The third kappa shape index (κ3) is 2.95. The summed E-state index contributed by atoms with van der Waals surface area (Å²) in [7, 11) is 0. The van der Waals surface area contributed by atoms with Gasteiger partial charge >= 0.3 is 0 Å². The molecule has 1 unspecified atom stereocenters. The number of rotatable bonds is 3. The highest BCUT2D eigenvalue weighted by molar-refractivity contribution is 5.94. The van der Waals surface area contributed by atoms with Gasteiger partial charge in [-0.2, -0.15) is 4.98 Å². The molecule has 0 bridgehead atoms. The minimum Gasteiger partial charge on any atom is -0.396 e. The van der Waals surface area contributed by atoms with Gasteiger partial charge in [-0.05, 0) is 30.9 Å². The highest BCUT2D eigenvalue weighted by Crippen LogP contribution is 2.20. The van der Waals surface area contributed by atoms with E-state index in [1.165, 1.54) is 6.39 Å². The monoisotopic (exact) mass is 287 g/mol. The number of hydrogen-bond acceptors (Lipinski definition) is 5. The lowest BCUT2D eigenvalue weighted by Gasteiger charge is -2.31. The summed E-state index contributed by atoms with van der Waals surface area (Å²) in [5, 5.41) is 13.0. The zero-order valence-electron chi connectivity index (χ0n) is 11.6. The molecule has 1 aliphatic heterocycles. The highest BCUT2D eigenvalue weighted by Gasteiger charge is 2.23. The Labute approximate surface area is 122 Å². The minimum absolute atomic E-state index is 0.00723. The zero-order valence-corrected chi connectivity index (χ0v) is 11.6. The number of piperidine rings is 1. The van der Waals surface area contributed by atoms with E-state index >= 15 is 0 Å². The molecule has 1 aromatic carbocycles. The van der Waals surface area contributed by atoms with E-state index < -0.39 is 0 Å². The van der Waals surface area contributed by atoms with E-state index in [0.29, 0.717) is 17.9 Å². The first-order chi connectivity index (χ1) is 10.3. The fourth-order valence-corrected chi connectivity index (χ4v) is 2.64. The van der Waals surface area contributed by atoms with Crippen LogP contribution >= 0.6 is 0 Å². The summed E-state index contributed by atoms with van der Waals surface area (Å²) in [4.78, 5) is 18.2. The molecule has 2 heterocycles. The standard InChI is InChI=1S/C15H17N3O3/c19-9-11-2-1-7-18(8-11)15(20)13-5-3-12(4-6-13)14-16-10-21-17-14/h3-6,10-11,19H,1-2,7-9H2. The molecule has 2 aromatic rings. The number of benzene rings is 1. The van der Waals surface area contributed by atoms with Gasteiger partial charge in [0.2, 0.25) is 12.2 Å². The Morgan fingerprint density at radius 1 is 1.38 bits per heavy atom. The van der Waals surface area contributed by atoms with Gasteiger partial charge in [0.15, 0.2) is 0 Å². The molecule has 0 saturated carbocycles. The number of nitrogens with zero attached hydrogens (tertiary/aromatic N) is 3. The molecular formula is C15H17N3O3. The maximum Gasteiger partial charge on any atom is 0.253 e. The van der Waals surface area contributed by atoms with Crippen molar-refractivity contribution < 1.29 is 14.4 Å². The Balaban J connectivity index is 1.73. The highest BCUT2D eigenvalue weighted by atomic mass is 16.5. The van der Waals surface area contributed by atoms with Crippen molar-refractivity contribution in [3.05, 3.63) is 36.2 Å². The van der Waals surface area contributed by atoms with Gasteiger partial charge in [0.05, 0.1) is 0 Å². The van der Waals surface area contributed by atoms with Crippen LogP contribution in [0.1, 0.15) is 23.2 Å². The van der Waals surface area contributed by atoms with Crippen molar-refractivity contribution in [2.75, 3.05) is 19.7 Å². The number of amides is 1. The van der Waals surface area contributed by atoms with E-state index in [0.717, 1.165) is 24.9 Å². The summed E-state index contributed by atoms with van der Waals surface area (Å²) in [6.07, 6.45) is 3.20. The predicted octanol–water partition coefficient (Wildman–Crippen LogP) is 1.58. The number of carbonyl (C=O) groups excluding carboxylic acids is 1. The lowest BCUT2D eigenvalue weighted by atomic mass is 9.98. The second-order valence-electron chi connectivity index (χ2n) is 5.27. The van der Waals surface area contributed by atoms with Crippen LogP contribution in [-0.4, -0.2) is 45.8 Å². The molecule has 1 saturated heterocycles. The van der Waals surface area contributed by atoms with Crippen molar-refractivity contribution in [2.45, 2.75) is 12.8 Å².